The Hall–Kier alpha value is -7.68. The van der Waals surface area contributed by atoms with E-state index >= 15 is 0 Å². The third-order valence-electron chi connectivity index (χ3n) is 10.7. The number of hydrogen-bond donors (Lipinski definition) is 2. The average Bonchev–Trinajstić information content (AvgIpc) is 4.11. The number of nitrogens with zero attached hydrogens (tertiary/aromatic N) is 10. The first-order valence-corrected chi connectivity index (χ1v) is 22.6. The summed E-state index contributed by atoms with van der Waals surface area (Å²) in [5.74, 6) is 2.65. The minimum absolute atomic E-state index is 0.125. The molecule has 4 heterocycles. The van der Waals surface area contributed by atoms with Crippen molar-refractivity contribution < 1.29 is 10.2 Å². The molecule has 0 unspecified atom stereocenters. The van der Waals surface area contributed by atoms with E-state index in [4.69, 9.17) is 20.4 Å². The number of fused-ring (bicyclic) bond motifs is 2. The zero-order valence-corrected chi connectivity index (χ0v) is 36.0. The van der Waals surface area contributed by atoms with E-state index < -0.39 is 0 Å². The molecule has 12 nitrogen and oxygen atoms in total. The molecule has 4 aromatic heterocycles. The molecule has 0 fully saturated rings. The number of phenolic OH excluding ortho intramolecular Hbond substituents is 2. The summed E-state index contributed by atoms with van der Waals surface area (Å²) in [6, 6.07) is 51.4. The summed E-state index contributed by atoms with van der Waals surface area (Å²) in [4.78, 5) is 0. The van der Waals surface area contributed by atoms with Gasteiger partial charge < -0.3 is 19.3 Å². The van der Waals surface area contributed by atoms with E-state index in [1.165, 1.54) is 34.7 Å². The van der Waals surface area contributed by atoms with Crippen LogP contribution in [0.2, 0.25) is 0 Å². The van der Waals surface area contributed by atoms with Crippen molar-refractivity contribution in [3.63, 3.8) is 0 Å². The van der Waals surface area contributed by atoms with Crippen molar-refractivity contribution in [1.29, 1.82) is 0 Å². The van der Waals surface area contributed by atoms with Crippen LogP contribution in [0, 0.1) is 0 Å². The number of aromatic hydroxyl groups is 2. The van der Waals surface area contributed by atoms with Gasteiger partial charge in [-0.15, -0.1) is 20.4 Å². The zero-order chi connectivity index (χ0) is 43.2. The topological polar surface area (TPSA) is 136 Å². The van der Waals surface area contributed by atoms with Crippen LogP contribution in [0.15, 0.2) is 191 Å². The highest BCUT2D eigenvalue weighted by atomic mass is 32.2. The number of hydrogen-bond acceptors (Lipinski definition) is 10. The van der Waals surface area contributed by atoms with E-state index in [9.17, 15) is 10.2 Å². The first-order chi connectivity index (χ1) is 31.6. The van der Waals surface area contributed by atoms with Crippen molar-refractivity contribution in [3.8, 4) is 34.3 Å². The molecule has 0 aliphatic rings. The third kappa shape index (κ3) is 8.43. The van der Waals surface area contributed by atoms with Crippen molar-refractivity contribution in [2.24, 2.45) is 10.2 Å². The fraction of sp³-hybridized carbons (Fsp3) is 0.0800. The number of benzene rings is 6. The molecule has 0 radical (unpaired) electrons. The molecule has 0 saturated heterocycles. The molecule has 0 aliphatic carbocycles. The molecule has 10 rings (SSSR count). The Morgan fingerprint density at radius 1 is 0.453 bits per heavy atom. The lowest BCUT2D eigenvalue weighted by Crippen LogP contribution is -2.00. The highest BCUT2D eigenvalue weighted by Gasteiger charge is 2.22. The van der Waals surface area contributed by atoms with Crippen molar-refractivity contribution in [2.45, 2.75) is 23.4 Å². The van der Waals surface area contributed by atoms with Crippen LogP contribution in [-0.2, 0) is 13.1 Å². The summed E-state index contributed by atoms with van der Waals surface area (Å²) in [6.45, 7) is 1.38. The van der Waals surface area contributed by atoms with E-state index in [-0.39, 0.29) is 11.5 Å². The van der Waals surface area contributed by atoms with Crippen molar-refractivity contribution in [1.82, 2.24) is 38.9 Å². The monoisotopic (exact) mass is 876 g/mol. The first-order valence-electron chi connectivity index (χ1n) is 20.6. The highest BCUT2D eigenvalue weighted by molar-refractivity contribution is 8.02. The van der Waals surface area contributed by atoms with Crippen LogP contribution in [0.3, 0.4) is 0 Å². The van der Waals surface area contributed by atoms with Crippen LogP contribution < -0.4 is 0 Å². The average molecular weight is 877 g/mol. The number of rotatable bonds is 15. The van der Waals surface area contributed by atoms with Gasteiger partial charge in [-0.2, -0.15) is 19.6 Å². The number of phenols is 2. The lowest BCUT2D eigenvalue weighted by Gasteiger charge is -2.06. The van der Waals surface area contributed by atoms with Crippen LogP contribution >= 0.6 is 23.5 Å². The molecule has 2 N–H and O–H groups in total. The van der Waals surface area contributed by atoms with Gasteiger partial charge in [-0.1, -0.05) is 145 Å². The Balaban J connectivity index is 0.960. The van der Waals surface area contributed by atoms with E-state index in [2.05, 4.69) is 80.3 Å². The smallest absolute Gasteiger partial charge is 0.212 e. The Kier molecular flexibility index (Phi) is 11.6. The lowest BCUT2D eigenvalue weighted by molar-refractivity contribution is 0.474. The van der Waals surface area contributed by atoms with Crippen LogP contribution in [0.1, 0.15) is 22.3 Å². The van der Waals surface area contributed by atoms with E-state index in [1.807, 2.05) is 84.9 Å². The highest BCUT2D eigenvalue weighted by Crippen LogP contribution is 2.35. The van der Waals surface area contributed by atoms with E-state index in [0.29, 0.717) is 57.7 Å². The zero-order valence-electron chi connectivity index (χ0n) is 34.3. The van der Waals surface area contributed by atoms with Crippen LogP contribution in [0.4, 0.5) is 0 Å². The number of thioether (sulfide) groups is 2. The maximum Gasteiger partial charge on any atom is 0.212 e. The Labute approximate surface area is 376 Å². The van der Waals surface area contributed by atoms with Gasteiger partial charge in [0.25, 0.3) is 0 Å². The van der Waals surface area contributed by atoms with Crippen LogP contribution in [-0.4, -0.2) is 73.0 Å². The Bertz CT molecular complexity index is 3060. The van der Waals surface area contributed by atoms with Gasteiger partial charge in [0.15, 0.2) is 11.6 Å². The summed E-state index contributed by atoms with van der Waals surface area (Å²) < 4.78 is 7.95. The summed E-state index contributed by atoms with van der Waals surface area (Å²) in [5.41, 5.74) is 7.44. The van der Waals surface area contributed by atoms with Gasteiger partial charge >= 0.3 is 0 Å². The minimum Gasteiger partial charge on any atom is -0.507 e. The fourth-order valence-electron chi connectivity index (χ4n) is 7.63. The van der Waals surface area contributed by atoms with Crippen molar-refractivity contribution >= 4 is 57.8 Å². The van der Waals surface area contributed by atoms with Crippen molar-refractivity contribution in [2.75, 3.05) is 11.5 Å². The van der Waals surface area contributed by atoms with Gasteiger partial charge in [0.2, 0.25) is 10.3 Å². The standard InChI is InChI=1S/C50H40N10O2S2/c61-45-25-13-7-19-37(45)29-51-59-47(41-33-57(31-35-15-3-1-4-16-35)43-23-11-9-21-39(41)43)53-55-49(59)63-27-28-64-50-56-54-48(60(50)52-30-38-20-8-14-26-46(38)62)42-34-58(32-36-17-5-2-6-18-36)44-24-12-10-22-40(42)44/h1-26,29-30,33-34,61-62H,27-28,31-32H2/b51-29+,52-30+. The Morgan fingerprint density at radius 3 is 1.28 bits per heavy atom. The van der Waals surface area contributed by atoms with Gasteiger partial charge in [0.05, 0.1) is 12.4 Å². The number of aromatic nitrogens is 8. The molecule has 0 spiro atoms. The molecule has 6 aromatic carbocycles. The van der Waals surface area contributed by atoms with Crippen molar-refractivity contribution in [3.05, 3.63) is 192 Å². The summed E-state index contributed by atoms with van der Waals surface area (Å²) in [7, 11) is 0. The summed E-state index contributed by atoms with van der Waals surface area (Å²) in [5, 5.41) is 53.0. The van der Waals surface area contributed by atoms with E-state index in [1.54, 1.807) is 46.0 Å². The van der Waals surface area contributed by atoms with Gasteiger partial charge in [0, 0.05) is 81.0 Å². The molecule has 0 amide bonds. The minimum atomic E-state index is 0.125. The van der Waals surface area contributed by atoms with Gasteiger partial charge in [-0.05, 0) is 47.5 Å². The quantitative estimate of drug-likeness (QED) is 0.0590. The van der Waals surface area contributed by atoms with Gasteiger partial charge in [-0.25, -0.2) is 0 Å². The normalized spacial score (nSPS) is 11.8. The molecule has 0 aliphatic heterocycles. The third-order valence-corrected chi connectivity index (χ3v) is 12.8. The number of para-hydroxylation sites is 4. The molecular weight excluding hydrogens is 837 g/mol. The second kappa shape index (κ2) is 18.3. The SMILES string of the molecule is Oc1ccccc1/C=N/n1c(SCCSc2nnc(-c3cn(Cc4ccccc4)c4ccccc34)n2/N=C/c2ccccc2O)nnc1-c1cn(Cc2ccccc2)c2ccccc12. The molecule has 64 heavy (non-hydrogen) atoms. The summed E-state index contributed by atoms with van der Waals surface area (Å²) >= 11 is 3.03. The maximum absolute atomic E-state index is 10.6. The van der Waals surface area contributed by atoms with Crippen LogP contribution in [0.25, 0.3) is 44.6 Å². The van der Waals surface area contributed by atoms with Gasteiger partial charge in [-0.3, -0.25) is 0 Å². The van der Waals surface area contributed by atoms with Gasteiger partial charge in [0.1, 0.15) is 11.5 Å². The molecule has 0 atom stereocenters. The predicted molar refractivity (Wildman–Crippen MR) is 257 cm³/mol. The fourth-order valence-corrected chi connectivity index (χ4v) is 9.37. The largest absolute Gasteiger partial charge is 0.507 e. The lowest BCUT2D eigenvalue weighted by atomic mass is 10.1. The molecule has 10 aromatic rings. The molecule has 0 bridgehead atoms. The Morgan fingerprint density at radius 2 is 0.844 bits per heavy atom. The van der Waals surface area contributed by atoms with Crippen LogP contribution in [0.5, 0.6) is 11.5 Å². The second-order valence-electron chi connectivity index (χ2n) is 14.9. The first kappa shape index (κ1) is 40.4. The molecule has 314 valence electrons. The maximum atomic E-state index is 10.6. The summed E-state index contributed by atoms with van der Waals surface area (Å²) in [6.07, 6.45) is 7.48. The molecule has 0 saturated carbocycles. The molecular formula is C50H40N10O2S2. The molecule has 14 heteroatoms. The van der Waals surface area contributed by atoms with E-state index in [0.717, 1.165) is 32.9 Å². The second-order valence-corrected chi connectivity index (χ2v) is 17.0. The predicted octanol–water partition coefficient (Wildman–Crippen LogP) is 10.3.